The van der Waals surface area contributed by atoms with Gasteiger partial charge in [0.1, 0.15) is 10.7 Å². The molecule has 0 unspecified atom stereocenters. The molecule has 3 aromatic rings. The van der Waals surface area contributed by atoms with Gasteiger partial charge in [-0.05, 0) is 29.7 Å². The molecule has 0 aliphatic heterocycles. The van der Waals surface area contributed by atoms with E-state index < -0.39 is 5.97 Å². The van der Waals surface area contributed by atoms with Crippen molar-refractivity contribution in [3.05, 3.63) is 61.8 Å². The Bertz CT molecular complexity index is 1010. The molecular weight excluding hydrogens is 336 g/mol. The molecule has 0 radical (unpaired) electrons. The second-order valence-corrected chi connectivity index (χ2v) is 6.83. The molecule has 128 valence electrons. The van der Waals surface area contributed by atoms with E-state index in [1.165, 1.54) is 13.2 Å². The molecule has 0 amide bonds. The second kappa shape index (κ2) is 7.03. The molecule has 0 bridgehead atoms. The normalized spacial score (nSPS) is 11.5. The van der Waals surface area contributed by atoms with E-state index in [1.807, 2.05) is 24.3 Å². The maximum absolute atomic E-state index is 12.1. The first-order valence-electron chi connectivity index (χ1n) is 7.87. The van der Waals surface area contributed by atoms with Crippen LogP contribution in [0.2, 0.25) is 0 Å². The molecule has 2 aromatic heterocycles. The fourth-order valence-corrected chi connectivity index (χ4v) is 3.27. The molecule has 1 aromatic carbocycles. The zero-order valence-electron chi connectivity index (χ0n) is 14.2. The number of hydrogen-bond donors (Lipinski definition) is 1. The van der Waals surface area contributed by atoms with E-state index in [4.69, 9.17) is 0 Å². The lowest BCUT2D eigenvalue weighted by molar-refractivity contribution is 0.0594. The summed E-state index contributed by atoms with van der Waals surface area (Å²) in [5.41, 5.74) is 2.51. The fraction of sp³-hybridized carbons (Fsp3) is 0.211. The Kier molecular flexibility index (Phi) is 4.81. The van der Waals surface area contributed by atoms with Gasteiger partial charge in [-0.25, -0.2) is 9.78 Å². The van der Waals surface area contributed by atoms with Crippen molar-refractivity contribution in [1.82, 2.24) is 9.97 Å². The summed E-state index contributed by atoms with van der Waals surface area (Å²) in [6.07, 6.45) is 3.88. The number of pyridine rings is 1. The van der Waals surface area contributed by atoms with Crippen LogP contribution in [0.1, 0.15) is 46.5 Å². The number of nitrogens with one attached hydrogen (secondary N) is 1. The van der Waals surface area contributed by atoms with E-state index in [2.05, 4.69) is 33.9 Å². The van der Waals surface area contributed by atoms with Crippen LogP contribution in [0.15, 0.2) is 34.4 Å². The molecule has 0 fully saturated rings. The van der Waals surface area contributed by atoms with Gasteiger partial charge in [0.2, 0.25) is 0 Å². The number of methoxy groups -OCH3 is 1. The standard InChI is InChI=1S/C19H18N2O3S/c1-11(2)16-10-25-18(21-16)7-5-12-4-6-13-14(8-12)20-15(9-17(13)22)19(23)24-3/h4-11H,1-3H3,(H,20,22). The molecule has 0 atom stereocenters. The van der Waals surface area contributed by atoms with Crippen molar-refractivity contribution < 1.29 is 9.53 Å². The van der Waals surface area contributed by atoms with Crippen molar-refractivity contribution in [3.63, 3.8) is 0 Å². The van der Waals surface area contributed by atoms with Gasteiger partial charge in [-0.3, -0.25) is 4.79 Å². The first-order valence-corrected chi connectivity index (χ1v) is 8.75. The number of carbonyl (C=O) groups excluding carboxylic acids is 1. The maximum Gasteiger partial charge on any atom is 0.354 e. The largest absolute Gasteiger partial charge is 0.464 e. The zero-order valence-corrected chi connectivity index (χ0v) is 15.0. The van der Waals surface area contributed by atoms with Crippen molar-refractivity contribution in [2.24, 2.45) is 0 Å². The van der Waals surface area contributed by atoms with Crippen molar-refractivity contribution in [1.29, 1.82) is 0 Å². The minimum Gasteiger partial charge on any atom is -0.464 e. The van der Waals surface area contributed by atoms with Crippen LogP contribution < -0.4 is 5.43 Å². The number of hydrogen-bond acceptors (Lipinski definition) is 5. The number of thiazole rings is 1. The molecule has 3 rings (SSSR count). The average molecular weight is 354 g/mol. The van der Waals surface area contributed by atoms with Crippen LogP contribution in [0, 0.1) is 0 Å². The minimum atomic E-state index is -0.566. The summed E-state index contributed by atoms with van der Waals surface area (Å²) < 4.78 is 4.67. The summed E-state index contributed by atoms with van der Waals surface area (Å²) >= 11 is 1.60. The third-order valence-electron chi connectivity index (χ3n) is 3.81. The SMILES string of the molecule is COC(=O)c1cc(=O)c2ccc(C=Cc3nc(C(C)C)cs3)cc2[nH]1. The third kappa shape index (κ3) is 3.69. The average Bonchev–Trinajstić information content (AvgIpc) is 3.08. The monoisotopic (exact) mass is 354 g/mol. The number of aromatic amines is 1. The van der Waals surface area contributed by atoms with Gasteiger partial charge in [0.15, 0.2) is 5.43 Å². The lowest BCUT2D eigenvalue weighted by atomic mass is 10.1. The summed E-state index contributed by atoms with van der Waals surface area (Å²) in [6, 6.07) is 6.70. The van der Waals surface area contributed by atoms with Crippen LogP contribution in [0.25, 0.3) is 23.1 Å². The Balaban J connectivity index is 1.95. The molecule has 1 N–H and O–H groups in total. The molecule has 6 heteroatoms. The van der Waals surface area contributed by atoms with Gasteiger partial charge < -0.3 is 9.72 Å². The Morgan fingerprint density at radius 3 is 2.76 bits per heavy atom. The molecule has 0 saturated heterocycles. The Morgan fingerprint density at radius 2 is 2.08 bits per heavy atom. The zero-order chi connectivity index (χ0) is 18.0. The van der Waals surface area contributed by atoms with E-state index in [-0.39, 0.29) is 11.1 Å². The number of aromatic nitrogens is 2. The Hall–Kier alpha value is -2.73. The highest BCUT2D eigenvalue weighted by Gasteiger charge is 2.09. The predicted octanol–water partition coefficient (Wildman–Crippen LogP) is 4.07. The molecule has 0 aliphatic carbocycles. The van der Waals surface area contributed by atoms with Crippen molar-refractivity contribution in [2.45, 2.75) is 19.8 Å². The van der Waals surface area contributed by atoms with Crippen LogP contribution in [-0.2, 0) is 4.74 Å². The van der Waals surface area contributed by atoms with Crippen molar-refractivity contribution in [2.75, 3.05) is 7.11 Å². The lowest BCUT2D eigenvalue weighted by Crippen LogP contribution is -2.11. The molecule has 0 spiro atoms. The number of esters is 1. The third-order valence-corrected chi connectivity index (χ3v) is 4.64. The highest BCUT2D eigenvalue weighted by molar-refractivity contribution is 7.10. The summed E-state index contributed by atoms with van der Waals surface area (Å²) in [6.45, 7) is 4.22. The number of rotatable bonds is 4. The highest BCUT2D eigenvalue weighted by atomic mass is 32.1. The lowest BCUT2D eigenvalue weighted by Gasteiger charge is -2.03. The highest BCUT2D eigenvalue weighted by Crippen LogP contribution is 2.20. The van der Waals surface area contributed by atoms with E-state index in [0.29, 0.717) is 16.8 Å². The van der Waals surface area contributed by atoms with Gasteiger partial charge >= 0.3 is 5.97 Å². The van der Waals surface area contributed by atoms with Crippen LogP contribution >= 0.6 is 11.3 Å². The van der Waals surface area contributed by atoms with Gasteiger partial charge in [-0.15, -0.1) is 11.3 Å². The van der Waals surface area contributed by atoms with Crippen molar-refractivity contribution in [3.8, 4) is 0 Å². The second-order valence-electron chi connectivity index (χ2n) is 5.94. The number of H-pyrrole nitrogens is 1. The van der Waals surface area contributed by atoms with Gasteiger partial charge in [-0.1, -0.05) is 26.0 Å². The van der Waals surface area contributed by atoms with Gasteiger partial charge in [0.05, 0.1) is 18.3 Å². The molecular formula is C19H18N2O3S. The molecule has 5 nitrogen and oxygen atoms in total. The molecule has 2 heterocycles. The molecule has 25 heavy (non-hydrogen) atoms. The summed E-state index contributed by atoms with van der Waals surface area (Å²) in [5, 5.41) is 3.52. The van der Waals surface area contributed by atoms with E-state index in [9.17, 15) is 9.59 Å². The quantitative estimate of drug-likeness (QED) is 0.717. The van der Waals surface area contributed by atoms with E-state index in [0.717, 1.165) is 16.3 Å². The fourth-order valence-electron chi connectivity index (χ4n) is 2.40. The summed E-state index contributed by atoms with van der Waals surface area (Å²) in [5.74, 6) is -0.162. The number of nitrogens with zero attached hydrogens (tertiary/aromatic N) is 1. The molecule has 0 saturated carbocycles. The summed E-state index contributed by atoms with van der Waals surface area (Å²) in [7, 11) is 1.28. The van der Waals surface area contributed by atoms with Crippen molar-refractivity contribution >= 4 is 40.4 Å². The smallest absolute Gasteiger partial charge is 0.354 e. The first kappa shape index (κ1) is 17.1. The van der Waals surface area contributed by atoms with Crippen LogP contribution in [0.3, 0.4) is 0 Å². The Morgan fingerprint density at radius 1 is 1.28 bits per heavy atom. The van der Waals surface area contributed by atoms with Crippen LogP contribution in [0.5, 0.6) is 0 Å². The van der Waals surface area contributed by atoms with Gasteiger partial charge in [0, 0.05) is 16.8 Å². The van der Waals surface area contributed by atoms with E-state index in [1.54, 1.807) is 17.4 Å². The number of carbonyl (C=O) groups is 1. The number of ether oxygens (including phenoxy) is 1. The minimum absolute atomic E-state index is 0.141. The van der Waals surface area contributed by atoms with E-state index >= 15 is 0 Å². The maximum atomic E-state index is 12.1. The van der Waals surface area contributed by atoms with Gasteiger partial charge in [-0.2, -0.15) is 0 Å². The number of fused-ring (bicyclic) bond motifs is 1. The summed E-state index contributed by atoms with van der Waals surface area (Å²) in [4.78, 5) is 31.3. The van der Waals surface area contributed by atoms with Crippen LogP contribution in [0.4, 0.5) is 0 Å². The Labute approximate surface area is 149 Å². The van der Waals surface area contributed by atoms with Crippen LogP contribution in [-0.4, -0.2) is 23.0 Å². The predicted molar refractivity (Wildman–Crippen MR) is 101 cm³/mol. The first-order chi connectivity index (χ1) is 12.0. The number of benzene rings is 1. The topological polar surface area (TPSA) is 72.1 Å². The van der Waals surface area contributed by atoms with Gasteiger partial charge in [0.25, 0.3) is 0 Å². The molecule has 0 aliphatic rings.